The van der Waals surface area contributed by atoms with Gasteiger partial charge >= 0.3 is 0 Å². The molecule has 342 valence electrons. The Morgan fingerprint density at radius 1 is 0.569 bits per heavy atom. The minimum absolute atomic E-state index is 0.180. The highest BCUT2D eigenvalue weighted by Gasteiger charge is 2.44. The van der Waals surface area contributed by atoms with Crippen LogP contribution in [0.4, 0.5) is 0 Å². The Balaban J connectivity index is 2.33. The number of unbranched alkanes of at least 4 members (excludes halogenated alkanes) is 29. The van der Waals surface area contributed by atoms with Crippen molar-refractivity contribution in [3.05, 3.63) is 24.3 Å². The molecule has 0 saturated carbocycles. The number of nitrogens with one attached hydrogen (secondary N) is 1. The Bertz CT molecular complexity index is 961. The van der Waals surface area contributed by atoms with Crippen LogP contribution in [0, 0.1) is 0 Å². The number of allylic oxidation sites excluding steroid dienone is 3. The molecule has 9 nitrogen and oxygen atoms in total. The van der Waals surface area contributed by atoms with Gasteiger partial charge in [-0.3, -0.25) is 4.79 Å². The van der Waals surface area contributed by atoms with Gasteiger partial charge in [0.05, 0.1) is 25.4 Å². The van der Waals surface area contributed by atoms with Crippen molar-refractivity contribution < 1.29 is 39.8 Å². The van der Waals surface area contributed by atoms with Crippen LogP contribution in [-0.2, 0) is 14.3 Å². The number of ether oxygens (including phenoxy) is 2. The van der Waals surface area contributed by atoms with Crippen molar-refractivity contribution in [2.24, 2.45) is 0 Å². The fraction of sp³-hybridized carbons (Fsp3) is 0.898. The fourth-order valence-electron chi connectivity index (χ4n) is 7.80. The Morgan fingerprint density at radius 2 is 0.966 bits per heavy atom. The number of amides is 1. The fourth-order valence-corrected chi connectivity index (χ4v) is 7.80. The molecule has 0 radical (unpaired) electrons. The molecule has 7 atom stereocenters. The maximum atomic E-state index is 13.0. The molecule has 1 aliphatic rings. The van der Waals surface area contributed by atoms with Crippen molar-refractivity contribution in [3.63, 3.8) is 0 Å². The van der Waals surface area contributed by atoms with Crippen LogP contribution in [0.1, 0.15) is 226 Å². The first-order valence-corrected chi connectivity index (χ1v) is 24.6. The molecule has 0 aliphatic carbocycles. The topological polar surface area (TPSA) is 149 Å². The molecular formula is C49H93NO8. The number of aliphatic hydroxyl groups is 5. The van der Waals surface area contributed by atoms with Crippen molar-refractivity contribution >= 4 is 5.91 Å². The summed E-state index contributed by atoms with van der Waals surface area (Å²) in [5, 5.41) is 54.3. The normalized spacial score (nSPS) is 21.0. The van der Waals surface area contributed by atoms with Gasteiger partial charge in [-0.25, -0.2) is 0 Å². The Labute approximate surface area is 356 Å². The lowest BCUT2D eigenvalue weighted by Gasteiger charge is -2.40. The van der Waals surface area contributed by atoms with Gasteiger partial charge in [-0.15, -0.1) is 0 Å². The number of hydrogen-bond acceptors (Lipinski definition) is 8. The predicted molar refractivity (Wildman–Crippen MR) is 240 cm³/mol. The average Bonchev–Trinajstić information content (AvgIpc) is 3.22. The zero-order valence-electron chi connectivity index (χ0n) is 37.6. The summed E-state index contributed by atoms with van der Waals surface area (Å²) in [4.78, 5) is 13.0. The van der Waals surface area contributed by atoms with Crippen LogP contribution in [0.2, 0.25) is 0 Å². The Kier molecular flexibility index (Phi) is 37.5. The van der Waals surface area contributed by atoms with Crippen LogP contribution in [0.15, 0.2) is 24.3 Å². The van der Waals surface area contributed by atoms with Crippen molar-refractivity contribution in [3.8, 4) is 0 Å². The summed E-state index contributed by atoms with van der Waals surface area (Å²) in [7, 11) is 0. The second-order valence-corrected chi connectivity index (χ2v) is 17.3. The van der Waals surface area contributed by atoms with E-state index in [1.165, 1.54) is 161 Å². The van der Waals surface area contributed by atoms with Gasteiger partial charge in [-0.2, -0.15) is 0 Å². The van der Waals surface area contributed by atoms with Crippen molar-refractivity contribution in [1.29, 1.82) is 0 Å². The molecule has 1 rings (SSSR count). The molecule has 0 aromatic rings. The smallest absolute Gasteiger partial charge is 0.220 e. The summed E-state index contributed by atoms with van der Waals surface area (Å²) in [6.07, 6.45) is 40.7. The second-order valence-electron chi connectivity index (χ2n) is 17.3. The van der Waals surface area contributed by atoms with E-state index in [2.05, 4.69) is 31.3 Å². The van der Waals surface area contributed by atoms with Crippen LogP contribution in [0.5, 0.6) is 0 Å². The number of carbonyl (C=O) groups is 1. The van der Waals surface area contributed by atoms with Crippen LogP contribution in [0.3, 0.4) is 0 Å². The molecular weight excluding hydrogens is 731 g/mol. The standard InChI is InChI=1S/C49H93NO8/c1-3-5-7-9-11-13-15-17-19-21-23-24-26-28-30-32-34-36-38-43(52)42(41-57-49-48(56)47(55)46(54)44(40-51)58-49)50-45(53)39-37-35-33-31-29-27-25-22-20-18-16-14-12-10-8-6-4-2/h18,20,36,38,42-44,46-49,51-52,54-56H,3-17,19,21-35,37,39-41H2,1-2H3,(H,50,53)/b20-18-,38-36+. The van der Waals surface area contributed by atoms with E-state index in [0.717, 1.165) is 44.9 Å². The maximum absolute atomic E-state index is 13.0. The van der Waals surface area contributed by atoms with E-state index in [1.54, 1.807) is 6.08 Å². The quantitative estimate of drug-likeness (QED) is 0.0264. The molecule has 6 N–H and O–H groups in total. The molecule has 1 heterocycles. The second kappa shape index (κ2) is 39.8. The van der Waals surface area contributed by atoms with Gasteiger partial charge in [0, 0.05) is 6.42 Å². The van der Waals surface area contributed by atoms with Gasteiger partial charge in [-0.05, 0) is 44.9 Å². The average molecular weight is 824 g/mol. The summed E-state index contributed by atoms with van der Waals surface area (Å²) in [6, 6.07) is -0.804. The lowest BCUT2D eigenvalue weighted by Crippen LogP contribution is -2.60. The summed E-state index contributed by atoms with van der Waals surface area (Å²) in [6.45, 7) is 3.78. The summed E-state index contributed by atoms with van der Waals surface area (Å²) in [5.41, 5.74) is 0. The van der Waals surface area contributed by atoms with Gasteiger partial charge < -0.3 is 40.3 Å². The summed E-state index contributed by atoms with van der Waals surface area (Å²) in [5.74, 6) is -0.180. The molecule has 0 aromatic heterocycles. The van der Waals surface area contributed by atoms with Gasteiger partial charge in [-0.1, -0.05) is 199 Å². The van der Waals surface area contributed by atoms with E-state index < -0.39 is 49.5 Å². The van der Waals surface area contributed by atoms with Gasteiger partial charge in [0.25, 0.3) is 0 Å². The first-order valence-electron chi connectivity index (χ1n) is 24.6. The van der Waals surface area contributed by atoms with E-state index in [9.17, 15) is 30.3 Å². The van der Waals surface area contributed by atoms with Crippen molar-refractivity contribution in [1.82, 2.24) is 5.32 Å². The third kappa shape index (κ3) is 29.8. The highest BCUT2D eigenvalue weighted by molar-refractivity contribution is 5.76. The number of carbonyl (C=O) groups excluding carboxylic acids is 1. The Hall–Kier alpha value is -1.33. The van der Waals surface area contributed by atoms with Crippen molar-refractivity contribution in [2.45, 2.75) is 269 Å². The lowest BCUT2D eigenvalue weighted by atomic mass is 9.99. The highest BCUT2D eigenvalue weighted by atomic mass is 16.7. The first kappa shape index (κ1) is 54.7. The molecule has 9 heteroatoms. The van der Waals surface area contributed by atoms with Crippen LogP contribution in [-0.4, -0.2) is 87.5 Å². The van der Waals surface area contributed by atoms with Crippen molar-refractivity contribution in [2.75, 3.05) is 13.2 Å². The molecule has 1 amide bonds. The van der Waals surface area contributed by atoms with E-state index >= 15 is 0 Å². The minimum Gasteiger partial charge on any atom is -0.394 e. The third-order valence-electron chi connectivity index (χ3n) is 11.8. The Morgan fingerprint density at radius 3 is 1.40 bits per heavy atom. The SMILES string of the molecule is CCCCCCCC/C=C\CCCCCCCCCC(=O)NC(COC1OC(CO)C(O)C(O)C1O)C(O)/C=C/CCCCCCCCCCCCCCCCCC. The molecule has 0 bridgehead atoms. The van der Waals surface area contributed by atoms with Gasteiger partial charge in [0.2, 0.25) is 5.91 Å². The molecule has 1 saturated heterocycles. The summed E-state index contributed by atoms with van der Waals surface area (Å²) >= 11 is 0. The van der Waals surface area contributed by atoms with E-state index in [-0.39, 0.29) is 12.5 Å². The highest BCUT2D eigenvalue weighted by Crippen LogP contribution is 2.23. The van der Waals surface area contributed by atoms with Crippen LogP contribution >= 0.6 is 0 Å². The largest absolute Gasteiger partial charge is 0.394 e. The minimum atomic E-state index is -1.56. The first-order chi connectivity index (χ1) is 28.3. The molecule has 7 unspecified atom stereocenters. The lowest BCUT2D eigenvalue weighted by molar-refractivity contribution is -0.302. The zero-order chi connectivity index (χ0) is 42.3. The molecule has 58 heavy (non-hydrogen) atoms. The predicted octanol–water partition coefficient (Wildman–Crippen LogP) is 10.7. The zero-order valence-corrected chi connectivity index (χ0v) is 37.6. The molecule has 0 spiro atoms. The third-order valence-corrected chi connectivity index (χ3v) is 11.8. The van der Waals surface area contributed by atoms with Crippen LogP contribution in [0.25, 0.3) is 0 Å². The van der Waals surface area contributed by atoms with E-state index in [4.69, 9.17) is 9.47 Å². The number of aliphatic hydroxyl groups excluding tert-OH is 5. The van der Waals surface area contributed by atoms with E-state index in [1.807, 2.05) is 6.08 Å². The van der Waals surface area contributed by atoms with Gasteiger partial charge in [0.1, 0.15) is 24.4 Å². The molecule has 1 aliphatic heterocycles. The van der Waals surface area contributed by atoms with Crippen LogP contribution < -0.4 is 5.32 Å². The monoisotopic (exact) mass is 824 g/mol. The maximum Gasteiger partial charge on any atom is 0.220 e. The molecule has 0 aromatic carbocycles. The van der Waals surface area contributed by atoms with Gasteiger partial charge in [0.15, 0.2) is 6.29 Å². The number of hydrogen-bond donors (Lipinski definition) is 6. The van der Waals surface area contributed by atoms with E-state index in [0.29, 0.717) is 6.42 Å². The number of rotatable bonds is 41. The summed E-state index contributed by atoms with van der Waals surface area (Å²) < 4.78 is 11.2. The molecule has 1 fully saturated rings.